The third-order valence-electron chi connectivity index (χ3n) is 3.78. The zero-order valence-electron chi connectivity index (χ0n) is 12.2. The SMILES string of the molecule is CCC(CNC)CN(C)c1cccc2ccccc12. The highest BCUT2D eigenvalue weighted by Gasteiger charge is 2.11. The maximum absolute atomic E-state index is 3.29. The van der Waals surface area contributed by atoms with Gasteiger partial charge in [-0.25, -0.2) is 0 Å². The Bertz CT molecular complexity index is 516. The number of nitrogens with zero attached hydrogens (tertiary/aromatic N) is 1. The van der Waals surface area contributed by atoms with Crippen LogP contribution in [0.15, 0.2) is 42.5 Å². The van der Waals surface area contributed by atoms with Gasteiger partial charge in [0.15, 0.2) is 0 Å². The lowest BCUT2D eigenvalue weighted by atomic mass is 10.0. The number of hydrogen-bond donors (Lipinski definition) is 1. The van der Waals surface area contributed by atoms with Crippen molar-refractivity contribution >= 4 is 16.5 Å². The molecular formula is C17H24N2. The second-order valence-corrected chi connectivity index (χ2v) is 5.21. The van der Waals surface area contributed by atoms with Gasteiger partial charge in [0.2, 0.25) is 0 Å². The first-order valence-corrected chi connectivity index (χ1v) is 7.09. The maximum atomic E-state index is 3.29. The third kappa shape index (κ3) is 3.27. The maximum Gasteiger partial charge on any atom is 0.0443 e. The van der Waals surface area contributed by atoms with Gasteiger partial charge in [-0.05, 0) is 31.0 Å². The lowest BCUT2D eigenvalue weighted by Gasteiger charge is -2.26. The van der Waals surface area contributed by atoms with Crippen molar-refractivity contribution in [1.29, 1.82) is 0 Å². The first-order chi connectivity index (χ1) is 9.26. The molecule has 0 radical (unpaired) electrons. The smallest absolute Gasteiger partial charge is 0.0443 e. The highest BCUT2D eigenvalue weighted by Crippen LogP contribution is 2.26. The molecule has 0 spiro atoms. The van der Waals surface area contributed by atoms with Gasteiger partial charge in [0, 0.05) is 24.7 Å². The van der Waals surface area contributed by atoms with Gasteiger partial charge in [-0.3, -0.25) is 0 Å². The topological polar surface area (TPSA) is 15.3 Å². The fourth-order valence-electron chi connectivity index (χ4n) is 2.65. The predicted octanol–water partition coefficient (Wildman–Crippen LogP) is 3.52. The molecule has 0 amide bonds. The molecule has 0 saturated carbocycles. The van der Waals surface area contributed by atoms with Gasteiger partial charge >= 0.3 is 0 Å². The summed E-state index contributed by atoms with van der Waals surface area (Å²) in [6, 6.07) is 15.1. The van der Waals surface area contributed by atoms with Gasteiger partial charge in [0.25, 0.3) is 0 Å². The molecule has 0 aliphatic heterocycles. The quantitative estimate of drug-likeness (QED) is 0.850. The Balaban J connectivity index is 2.23. The Morgan fingerprint density at radius 3 is 2.58 bits per heavy atom. The molecular weight excluding hydrogens is 232 g/mol. The molecule has 102 valence electrons. The summed E-state index contributed by atoms with van der Waals surface area (Å²) in [7, 11) is 4.22. The van der Waals surface area contributed by atoms with E-state index in [-0.39, 0.29) is 0 Å². The molecule has 1 atom stereocenters. The third-order valence-corrected chi connectivity index (χ3v) is 3.78. The summed E-state index contributed by atoms with van der Waals surface area (Å²) in [6.45, 7) is 4.43. The molecule has 0 aliphatic carbocycles. The molecule has 2 aromatic carbocycles. The molecule has 2 aromatic rings. The van der Waals surface area contributed by atoms with Crippen LogP contribution in [0.2, 0.25) is 0 Å². The Morgan fingerprint density at radius 2 is 1.84 bits per heavy atom. The van der Waals surface area contributed by atoms with Crippen LogP contribution in [0, 0.1) is 5.92 Å². The van der Waals surface area contributed by atoms with Gasteiger partial charge < -0.3 is 10.2 Å². The van der Waals surface area contributed by atoms with Crippen LogP contribution in [-0.4, -0.2) is 27.2 Å². The molecule has 0 fully saturated rings. The number of hydrogen-bond acceptors (Lipinski definition) is 2. The fraction of sp³-hybridized carbons (Fsp3) is 0.412. The Labute approximate surface area is 116 Å². The summed E-state index contributed by atoms with van der Waals surface area (Å²) in [5.74, 6) is 0.689. The van der Waals surface area contributed by atoms with E-state index in [0.29, 0.717) is 5.92 Å². The second kappa shape index (κ2) is 6.58. The largest absolute Gasteiger partial charge is 0.374 e. The Hall–Kier alpha value is -1.54. The van der Waals surface area contributed by atoms with Crippen molar-refractivity contribution in [2.45, 2.75) is 13.3 Å². The first-order valence-electron chi connectivity index (χ1n) is 7.09. The van der Waals surface area contributed by atoms with Crippen LogP contribution >= 0.6 is 0 Å². The second-order valence-electron chi connectivity index (χ2n) is 5.21. The van der Waals surface area contributed by atoms with E-state index < -0.39 is 0 Å². The van der Waals surface area contributed by atoms with E-state index in [9.17, 15) is 0 Å². The van der Waals surface area contributed by atoms with E-state index in [1.807, 2.05) is 7.05 Å². The average molecular weight is 256 g/mol. The normalized spacial score (nSPS) is 12.6. The average Bonchev–Trinajstić information content (AvgIpc) is 2.46. The van der Waals surface area contributed by atoms with Gasteiger partial charge in [-0.2, -0.15) is 0 Å². The van der Waals surface area contributed by atoms with Crippen molar-refractivity contribution < 1.29 is 0 Å². The zero-order chi connectivity index (χ0) is 13.7. The molecule has 0 aromatic heterocycles. The monoisotopic (exact) mass is 256 g/mol. The van der Waals surface area contributed by atoms with Crippen LogP contribution in [0.3, 0.4) is 0 Å². The predicted molar refractivity (Wildman–Crippen MR) is 84.9 cm³/mol. The molecule has 1 N–H and O–H groups in total. The van der Waals surface area contributed by atoms with Crippen LogP contribution in [0.5, 0.6) is 0 Å². The van der Waals surface area contributed by atoms with Crippen molar-refractivity contribution in [3.05, 3.63) is 42.5 Å². The number of fused-ring (bicyclic) bond motifs is 1. The van der Waals surface area contributed by atoms with E-state index >= 15 is 0 Å². The fourth-order valence-corrected chi connectivity index (χ4v) is 2.65. The minimum atomic E-state index is 0.689. The number of benzene rings is 2. The molecule has 2 heteroatoms. The summed E-state index contributed by atoms with van der Waals surface area (Å²) in [5, 5.41) is 5.94. The van der Waals surface area contributed by atoms with Crippen LogP contribution in [0.4, 0.5) is 5.69 Å². The van der Waals surface area contributed by atoms with Gasteiger partial charge in [-0.1, -0.05) is 49.7 Å². The summed E-state index contributed by atoms with van der Waals surface area (Å²) >= 11 is 0. The molecule has 0 saturated heterocycles. The number of anilines is 1. The molecule has 0 heterocycles. The zero-order valence-corrected chi connectivity index (χ0v) is 12.2. The Morgan fingerprint density at radius 1 is 1.11 bits per heavy atom. The summed E-state index contributed by atoms with van der Waals surface area (Å²) in [6.07, 6.45) is 1.20. The van der Waals surface area contributed by atoms with Crippen molar-refractivity contribution in [2.24, 2.45) is 5.92 Å². The van der Waals surface area contributed by atoms with Gasteiger partial charge in [-0.15, -0.1) is 0 Å². The molecule has 0 bridgehead atoms. The van der Waals surface area contributed by atoms with Crippen LogP contribution in [-0.2, 0) is 0 Å². The van der Waals surface area contributed by atoms with Crippen molar-refractivity contribution in [1.82, 2.24) is 5.32 Å². The first kappa shape index (κ1) is 13.9. The van der Waals surface area contributed by atoms with E-state index in [1.165, 1.54) is 22.9 Å². The molecule has 2 rings (SSSR count). The highest BCUT2D eigenvalue weighted by molar-refractivity contribution is 5.94. The lowest BCUT2D eigenvalue weighted by molar-refractivity contribution is 0.485. The summed E-state index contributed by atoms with van der Waals surface area (Å²) < 4.78 is 0. The standard InChI is InChI=1S/C17H24N2/c1-4-14(12-18-2)13-19(3)17-11-7-9-15-8-5-6-10-16(15)17/h5-11,14,18H,4,12-13H2,1-3H3. The highest BCUT2D eigenvalue weighted by atomic mass is 15.1. The van der Waals surface area contributed by atoms with E-state index in [1.54, 1.807) is 0 Å². The molecule has 2 nitrogen and oxygen atoms in total. The Kier molecular flexibility index (Phi) is 4.80. The molecule has 0 aliphatic rings. The summed E-state index contributed by atoms with van der Waals surface area (Å²) in [5.41, 5.74) is 1.33. The van der Waals surface area contributed by atoms with Crippen molar-refractivity contribution in [3.8, 4) is 0 Å². The van der Waals surface area contributed by atoms with Crippen molar-refractivity contribution in [3.63, 3.8) is 0 Å². The number of nitrogens with one attached hydrogen (secondary N) is 1. The van der Waals surface area contributed by atoms with E-state index in [2.05, 4.69) is 66.7 Å². The summed E-state index contributed by atoms with van der Waals surface area (Å²) in [4.78, 5) is 2.38. The lowest BCUT2D eigenvalue weighted by Crippen LogP contribution is -2.31. The van der Waals surface area contributed by atoms with Gasteiger partial charge in [0.05, 0.1) is 0 Å². The van der Waals surface area contributed by atoms with Crippen molar-refractivity contribution in [2.75, 3.05) is 32.1 Å². The number of rotatable bonds is 6. The van der Waals surface area contributed by atoms with Crippen LogP contribution in [0.1, 0.15) is 13.3 Å². The van der Waals surface area contributed by atoms with Crippen LogP contribution in [0.25, 0.3) is 10.8 Å². The minimum absolute atomic E-state index is 0.689. The van der Waals surface area contributed by atoms with Gasteiger partial charge in [0.1, 0.15) is 0 Å². The van der Waals surface area contributed by atoms with E-state index in [4.69, 9.17) is 0 Å². The molecule has 1 unspecified atom stereocenters. The molecule has 19 heavy (non-hydrogen) atoms. The minimum Gasteiger partial charge on any atom is -0.374 e. The van der Waals surface area contributed by atoms with Crippen LogP contribution < -0.4 is 10.2 Å². The van der Waals surface area contributed by atoms with E-state index in [0.717, 1.165) is 13.1 Å².